The Balaban J connectivity index is 2.53. The van der Waals surface area contributed by atoms with Gasteiger partial charge in [0.1, 0.15) is 5.75 Å². The van der Waals surface area contributed by atoms with Gasteiger partial charge < -0.3 is 4.74 Å². The summed E-state index contributed by atoms with van der Waals surface area (Å²) in [7, 11) is 1.59. The molecule has 3 heteroatoms. The summed E-state index contributed by atoms with van der Waals surface area (Å²) < 4.78 is 5.07. The van der Waals surface area contributed by atoms with E-state index in [1.54, 1.807) is 13.2 Å². The highest BCUT2D eigenvalue weighted by Gasteiger charge is 2.21. The third-order valence-corrected chi connectivity index (χ3v) is 2.94. The Labute approximate surface area is 90.7 Å². The zero-order chi connectivity index (χ0) is 10.1. The second-order valence-corrected chi connectivity index (χ2v) is 4.06. The molecule has 0 N–H and O–H groups in total. The predicted molar refractivity (Wildman–Crippen MR) is 59.1 cm³/mol. The topological polar surface area (TPSA) is 26.3 Å². The molecule has 2 nitrogen and oxygen atoms in total. The van der Waals surface area contributed by atoms with E-state index in [9.17, 15) is 4.79 Å². The number of allylic oxidation sites excluding steroid dienone is 1. The maximum Gasteiger partial charge on any atom is 0.181 e. The monoisotopic (exact) mass is 252 g/mol. The van der Waals surface area contributed by atoms with Crippen molar-refractivity contribution in [3.05, 3.63) is 35.4 Å². The van der Waals surface area contributed by atoms with E-state index in [4.69, 9.17) is 4.74 Å². The Bertz CT molecular complexity index is 410. The first-order valence-electron chi connectivity index (χ1n) is 4.27. The van der Waals surface area contributed by atoms with Gasteiger partial charge in [0.05, 0.1) is 11.9 Å². The summed E-state index contributed by atoms with van der Waals surface area (Å²) in [5.41, 5.74) is 1.67. The molecule has 14 heavy (non-hydrogen) atoms. The number of hydrogen-bond acceptors (Lipinski definition) is 2. The van der Waals surface area contributed by atoms with E-state index in [1.165, 1.54) is 0 Å². The molecule has 0 heterocycles. The molecular formula is C11H9BrO2. The summed E-state index contributed by atoms with van der Waals surface area (Å²) in [6.07, 6.45) is 3.78. The number of carbonyl (C=O) groups excluding carboxylic acids is 1. The number of alkyl halides is 1. The highest BCUT2D eigenvalue weighted by atomic mass is 79.9. The van der Waals surface area contributed by atoms with Crippen molar-refractivity contribution in [3.63, 3.8) is 0 Å². The van der Waals surface area contributed by atoms with Gasteiger partial charge >= 0.3 is 0 Å². The van der Waals surface area contributed by atoms with Crippen molar-refractivity contribution in [2.75, 3.05) is 7.11 Å². The molecule has 0 aliphatic heterocycles. The van der Waals surface area contributed by atoms with Crippen molar-refractivity contribution >= 4 is 27.8 Å². The van der Waals surface area contributed by atoms with Crippen LogP contribution in [0.25, 0.3) is 6.08 Å². The smallest absolute Gasteiger partial charge is 0.181 e. The van der Waals surface area contributed by atoms with Crippen LogP contribution in [0.2, 0.25) is 0 Å². The molecule has 1 aliphatic carbocycles. The fraction of sp³-hybridized carbons (Fsp3) is 0.182. The summed E-state index contributed by atoms with van der Waals surface area (Å²) in [5, 5.41) is 0. The molecular weight excluding hydrogens is 244 g/mol. The van der Waals surface area contributed by atoms with Gasteiger partial charge in [-0.05, 0) is 17.7 Å². The first-order valence-corrected chi connectivity index (χ1v) is 5.18. The quantitative estimate of drug-likeness (QED) is 0.719. The van der Waals surface area contributed by atoms with Crippen LogP contribution in [-0.2, 0) is 0 Å². The average molecular weight is 253 g/mol. The van der Waals surface area contributed by atoms with Gasteiger partial charge in [0, 0.05) is 5.56 Å². The second kappa shape index (κ2) is 3.58. The van der Waals surface area contributed by atoms with E-state index in [0.717, 1.165) is 5.56 Å². The fourth-order valence-electron chi connectivity index (χ4n) is 1.45. The molecule has 0 aromatic heterocycles. The summed E-state index contributed by atoms with van der Waals surface area (Å²) in [6.45, 7) is 0. The van der Waals surface area contributed by atoms with Gasteiger partial charge in [-0.25, -0.2) is 0 Å². The maximum absolute atomic E-state index is 11.7. The number of carbonyl (C=O) groups is 1. The molecule has 0 bridgehead atoms. The lowest BCUT2D eigenvalue weighted by Crippen LogP contribution is -2.16. The highest BCUT2D eigenvalue weighted by Crippen LogP contribution is 2.26. The van der Waals surface area contributed by atoms with Gasteiger partial charge in [0.2, 0.25) is 0 Å². The third-order valence-electron chi connectivity index (χ3n) is 2.22. The molecule has 0 saturated carbocycles. The van der Waals surface area contributed by atoms with Crippen molar-refractivity contribution in [1.82, 2.24) is 0 Å². The third kappa shape index (κ3) is 1.48. The van der Waals surface area contributed by atoms with Gasteiger partial charge in [-0.15, -0.1) is 0 Å². The minimum atomic E-state index is -0.206. The molecule has 1 aromatic rings. The second-order valence-electron chi connectivity index (χ2n) is 3.08. The molecule has 1 atom stereocenters. The Kier molecular flexibility index (Phi) is 2.42. The minimum absolute atomic E-state index is 0.0846. The Morgan fingerprint density at radius 1 is 1.43 bits per heavy atom. The molecule has 0 spiro atoms. The summed E-state index contributed by atoms with van der Waals surface area (Å²) in [6, 6.07) is 5.52. The van der Waals surface area contributed by atoms with Crippen LogP contribution in [0, 0.1) is 0 Å². The molecule has 1 unspecified atom stereocenters. The van der Waals surface area contributed by atoms with Crippen molar-refractivity contribution in [2.45, 2.75) is 4.83 Å². The van der Waals surface area contributed by atoms with Crippen LogP contribution < -0.4 is 4.74 Å². The molecule has 0 saturated heterocycles. The van der Waals surface area contributed by atoms with Crippen molar-refractivity contribution < 1.29 is 9.53 Å². The number of Topliss-reactive ketones (excluding diaryl/α,β-unsaturated/α-hetero) is 1. The normalized spacial score (nSPS) is 19.3. The van der Waals surface area contributed by atoms with E-state index in [1.807, 2.05) is 24.3 Å². The van der Waals surface area contributed by atoms with Crippen LogP contribution in [0.3, 0.4) is 0 Å². The number of fused-ring (bicyclic) bond motifs is 1. The molecule has 1 aliphatic rings. The van der Waals surface area contributed by atoms with Gasteiger partial charge in [-0.3, -0.25) is 4.79 Å². The zero-order valence-electron chi connectivity index (χ0n) is 7.66. The SMILES string of the molecule is COc1ccc2c(c1)C(=O)C(Br)C=C2. The predicted octanol–water partition coefficient (Wildman–Crippen LogP) is 2.67. The summed E-state index contributed by atoms with van der Waals surface area (Å²) >= 11 is 3.29. The van der Waals surface area contributed by atoms with E-state index in [-0.39, 0.29) is 10.6 Å². The van der Waals surface area contributed by atoms with Gasteiger partial charge in [-0.1, -0.05) is 34.1 Å². The van der Waals surface area contributed by atoms with Crippen molar-refractivity contribution in [3.8, 4) is 5.75 Å². The molecule has 0 amide bonds. The standard InChI is InChI=1S/C11H9BrO2/c1-14-8-4-2-7-3-5-10(12)11(13)9(7)6-8/h2-6,10H,1H3. The first-order chi connectivity index (χ1) is 6.72. The van der Waals surface area contributed by atoms with E-state index < -0.39 is 0 Å². The molecule has 72 valence electrons. The zero-order valence-corrected chi connectivity index (χ0v) is 9.24. The van der Waals surface area contributed by atoms with E-state index in [2.05, 4.69) is 15.9 Å². The van der Waals surface area contributed by atoms with Crippen LogP contribution >= 0.6 is 15.9 Å². The van der Waals surface area contributed by atoms with Crippen molar-refractivity contribution in [2.24, 2.45) is 0 Å². The van der Waals surface area contributed by atoms with Crippen LogP contribution in [0.5, 0.6) is 5.75 Å². The molecule has 0 radical (unpaired) electrons. The number of methoxy groups -OCH3 is 1. The number of ether oxygens (including phenoxy) is 1. The highest BCUT2D eigenvalue weighted by molar-refractivity contribution is 9.10. The van der Waals surface area contributed by atoms with Crippen LogP contribution in [0.15, 0.2) is 24.3 Å². The Morgan fingerprint density at radius 2 is 2.21 bits per heavy atom. The average Bonchev–Trinajstić information content (AvgIpc) is 2.23. The van der Waals surface area contributed by atoms with Crippen LogP contribution in [0.4, 0.5) is 0 Å². The van der Waals surface area contributed by atoms with Gasteiger partial charge in [-0.2, -0.15) is 0 Å². The minimum Gasteiger partial charge on any atom is -0.497 e. The number of hydrogen-bond donors (Lipinski definition) is 0. The number of ketones is 1. The van der Waals surface area contributed by atoms with E-state index >= 15 is 0 Å². The summed E-state index contributed by atoms with van der Waals surface area (Å²) in [4.78, 5) is 11.5. The number of benzene rings is 1. The number of halogens is 1. The summed E-state index contributed by atoms with van der Waals surface area (Å²) in [5.74, 6) is 0.800. The molecule has 1 aromatic carbocycles. The van der Waals surface area contributed by atoms with Gasteiger partial charge in [0.15, 0.2) is 5.78 Å². The van der Waals surface area contributed by atoms with Gasteiger partial charge in [0.25, 0.3) is 0 Å². The molecule has 0 fully saturated rings. The van der Waals surface area contributed by atoms with Crippen LogP contribution in [0.1, 0.15) is 15.9 Å². The fourth-order valence-corrected chi connectivity index (χ4v) is 1.84. The Morgan fingerprint density at radius 3 is 2.93 bits per heavy atom. The maximum atomic E-state index is 11.7. The molecule has 2 rings (SSSR count). The largest absolute Gasteiger partial charge is 0.497 e. The lowest BCUT2D eigenvalue weighted by Gasteiger charge is -2.14. The lowest BCUT2D eigenvalue weighted by molar-refractivity contribution is 0.100. The van der Waals surface area contributed by atoms with Crippen LogP contribution in [-0.4, -0.2) is 17.7 Å². The number of rotatable bonds is 1. The lowest BCUT2D eigenvalue weighted by atomic mass is 9.96. The Hall–Kier alpha value is -1.09. The first kappa shape index (κ1) is 9.46. The van der Waals surface area contributed by atoms with Crippen molar-refractivity contribution in [1.29, 1.82) is 0 Å². The van der Waals surface area contributed by atoms with E-state index in [0.29, 0.717) is 11.3 Å².